The Morgan fingerprint density at radius 3 is 2.90 bits per heavy atom. The summed E-state index contributed by atoms with van der Waals surface area (Å²) < 4.78 is 6.68. The molecule has 21 heavy (non-hydrogen) atoms. The first-order valence-electron chi connectivity index (χ1n) is 7.94. The molecule has 0 spiro atoms. The van der Waals surface area contributed by atoms with Crippen molar-refractivity contribution in [3.63, 3.8) is 0 Å². The van der Waals surface area contributed by atoms with E-state index in [1.165, 1.54) is 25.7 Å². The molecule has 1 aromatic rings. The zero-order valence-electron chi connectivity index (χ0n) is 12.2. The maximum atomic E-state index is 12.2. The van der Waals surface area contributed by atoms with Gasteiger partial charge in [0, 0.05) is 22.9 Å². The van der Waals surface area contributed by atoms with E-state index in [1.807, 2.05) is 12.1 Å². The van der Waals surface area contributed by atoms with Gasteiger partial charge in [-0.05, 0) is 30.5 Å². The Balaban J connectivity index is 1.57. The number of halogens is 1. The number of carbonyl (C=O) groups is 1. The molecular weight excluding hydrogens is 330 g/mol. The molecule has 1 N–H and O–H groups in total. The molecule has 0 saturated heterocycles. The molecule has 1 heterocycles. The summed E-state index contributed by atoms with van der Waals surface area (Å²) in [6, 6.07) is 6.08. The fraction of sp³-hybridized carbons (Fsp3) is 0.588. The van der Waals surface area contributed by atoms with Crippen molar-refractivity contribution in [2.75, 3.05) is 6.61 Å². The Hall–Kier alpha value is -1.03. The fourth-order valence-electron chi connectivity index (χ4n) is 3.42. The number of hydrogen-bond donors (Lipinski definition) is 1. The van der Waals surface area contributed by atoms with Gasteiger partial charge in [0.25, 0.3) is 0 Å². The van der Waals surface area contributed by atoms with Gasteiger partial charge in [-0.3, -0.25) is 4.79 Å². The standard InChI is InChI=1S/C17H22BrNO2/c18-13-6-7-16-14(11-13)15(9-10-21-16)19-17(20)8-5-12-3-1-2-4-12/h6-7,11-12,15H,1-5,8-10H2,(H,19,20). The topological polar surface area (TPSA) is 38.3 Å². The Morgan fingerprint density at radius 2 is 2.10 bits per heavy atom. The van der Waals surface area contributed by atoms with Crippen molar-refractivity contribution in [3.05, 3.63) is 28.2 Å². The van der Waals surface area contributed by atoms with E-state index in [0.29, 0.717) is 13.0 Å². The normalized spacial score (nSPS) is 21.7. The Morgan fingerprint density at radius 1 is 1.29 bits per heavy atom. The van der Waals surface area contributed by atoms with E-state index in [-0.39, 0.29) is 11.9 Å². The lowest BCUT2D eigenvalue weighted by Gasteiger charge is -2.27. The van der Waals surface area contributed by atoms with Gasteiger partial charge in [-0.25, -0.2) is 0 Å². The van der Waals surface area contributed by atoms with Crippen molar-refractivity contribution in [2.24, 2.45) is 5.92 Å². The van der Waals surface area contributed by atoms with Crippen molar-refractivity contribution in [2.45, 2.75) is 51.0 Å². The van der Waals surface area contributed by atoms with E-state index < -0.39 is 0 Å². The van der Waals surface area contributed by atoms with Crippen LogP contribution in [-0.4, -0.2) is 12.5 Å². The summed E-state index contributed by atoms with van der Waals surface area (Å²) in [5.74, 6) is 1.84. The molecule has 4 heteroatoms. The van der Waals surface area contributed by atoms with Gasteiger partial charge in [-0.2, -0.15) is 0 Å². The largest absolute Gasteiger partial charge is 0.493 e. The molecule has 1 aliphatic carbocycles. The summed E-state index contributed by atoms with van der Waals surface area (Å²) in [6.45, 7) is 0.669. The molecule has 1 saturated carbocycles. The van der Waals surface area contributed by atoms with Crippen LogP contribution in [0.15, 0.2) is 22.7 Å². The summed E-state index contributed by atoms with van der Waals surface area (Å²) in [5.41, 5.74) is 1.09. The number of amides is 1. The quantitative estimate of drug-likeness (QED) is 0.874. The van der Waals surface area contributed by atoms with Crippen LogP contribution in [-0.2, 0) is 4.79 Å². The number of nitrogens with one attached hydrogen (secondary N) is 1. The van der Waals surface area contributed by atoms with Crippen molar-refractivity contribution < 1.29 is 9.53 Å². The van der Waals surface area contributed by atoms with E-state index in [4.69, 9.17) is 4.74 Å². The van der Waals surface area contributed by atoms with E-state index >= 15 is 0 Å². The maximum Gasteiger partial charge on any atom is 0.220 e. The van der Waals surface area contributed by atoms with Gasteiger partial charge in [0.15, 0.2) is 0 Å². The second-order valence-electron chi connectivity index (χ2n) is 6.13. The maximum absolute atomic E-state index is 12.2. The van der Waals surface area contributed by atoms with Crippen molar-refractivity contribution in [1.82, 2.24) is 5.32 Å². The van der Waals surface area contributed by atoms with Gasteiger partial charge in [-0.1, -0.05) is 41.6 Å². The Kier molecular flexibility index (Phi) is 4.84. The van der Waals surface area contributed by atoms with Crippen LogP contribution < -0.4 is 10.1 Å². The summed E-state index contributed by atoms with van der Waals surface area (Å²) >= 11 is 3.49. The molecule has 2 aliphatic rings. The van der Waals surface area contributed by atoms with Crippen LogP contribution in [0.5, 0.6) is 5.75 Å². The third kappa shape index (κ3) is 3.79. The predicted octanol–water partition coefficient (Wildman–Crippen LogP) is 4.36. The van der Waals surface area contributed by atoms with Crippen LogP contribution in [0.2, 0.25) is 0 Å². The Labute approximate surface area is 134 Å². The molecule has 1 aliphatic heterocycles. The number of hydrogen-bond acceptors (Lipinski definition) is 2. The van der Waals surface area contributed by atoms with Gasteiger partial charge in [0.05, 0.1) is 12.6 Å². The van der Waals surface area contributed by atoms with Crippen LogP contribution in [0.3, 0.4) is 0 Å². The Bertz CT molecular complexity index is 512. The van der Waals surface area contributed by atoms with E-state index in [2.05, 4.69) is 27.3 Å². The zero-order chi connectivity index (χ0) is 14.7. The first-order valence-corrected chi connectivity index (χ1v) is 8.73. The first kappa shape index (κ1) is 14.9. The van der Waals surface area contributed by atoms with Crippen molar-refractivity contribution in [3.8, 4) is 5.75 Å². The summed E-state index contributed by atoms with van der Waals surface area (Å²) in [4.78, 5) is 12.2. The highest BCUT2D eigenvalue weighted by Crippen LogP contribution is 2.34. The number of carbonyl (C=O) groups excluding carboxylic acids is 1. The summed E-state index contributed by atoms with van der Waals surface area (Å²) in [6.07, 6.45) is 7.84. The smallest absolute Gasteiger partial charge is 0.220 e. The van der Waals surface area contributed by atoms with E-state index in [0.717, 1.165) is 34.5 Å². The molecule has 3 nitrogen and oxygen atoms in total. The predicted molar refractivity (Wildman–Crippen MR) is 86.3 cm³/mol. The molecule has 1 fully saturated rings. The van der Waals surface area contributed by atoms with Gasteiger partial charge in [0.1, 0.15) is 5.75 Å². The zero-order valence-corrected chi connectivity index (χ0v) is 13.8. The lowest BCUT2D eigenvalue weighted by molar-refractivity contribution is -0.122. The first-order chi connectivity index (χ1) is 10.2. The SMILES string of the molecule is O=C(CCC1CCCC1)NC1CCOc2ccc(Br)cc21. The molecule has 114 valence electrons. The van der Waals surface area contributed by atoms with Crippen molar-refractivity contribution >= 4 is 21.8 Å². The molecule has 1 amide bonds. The van der Waals surface area contributed by atoms with E-state index in [1.54, 1.807) is 0 Å². The third-order valence-electron chi connectivity index (χ3n) is 4.60. The van der Waals surface area contributed by atoms with Crippen LogP contribution in [0.4, 0.5) is 0 Å². The number of fused-ring (bicyclic) bond motifs is 1. The molecule has 1 aromatic carbocycles. The fourth-order valence-corrected chi connectivity index (χ4v) is 3.79. The highest BCUT2D eigenvalue weighted by Gasteiger charge is 2.24. The molecule has 0 aromatic heterocycles. The minimum atomic E-state index is 0.0855. The summed E-state index contributed by atoms with van der Waals surface area (Å²) in [5, 5.41) is 3.19. The minimum absolute atomic E-state index is 0.0855. The highest BCUT2D eigenvalue weighted by molar-refractivity contribution is 9.10. The highest BCUT2D eigenvalue weighted by atomic mass is 79.9. The second-order valence-corrected chi connectivity index (χ2v) is 7.04. The number of ether oxygens (including phenoxy) is 1. The second kappa shape index (κ2) is 6.82. The van der Waals surface area contributed by atoms with Gasteiger partial charge in [0.2, 0.25) is 5.91 Å². The molecular formula is C17H22BrNO2. The summed E-state index contributed by atoms with van der Waals surface area (Å²) in [7, 11) is 0. The van der Waals surface area contributed by atoms with Crippen LogP contribution in [0.1, 0.15) is 56.6 Å². The molecule has 0 bridgehead atoms. The van der Waals surface area contributed by atoms with Gasteiger partial charge in [-0.15, -0.1) is 0 Å². The monoisotopic (exact) mass is 351 g/mol. The molecule has 1 atom stereocenters. The van der Waals surface area contributed by atoms with Crippen molar-refractivity contribution in [1.29, 1.82) is 0 Å². The van der Waals surface area contributed by atoms with Gasteiger partial charge >= 0.3 is 0 Å². The lowest BCUT2D eigenvalue weighted by atomic mass is 9.99. The molecule has 1 unspecified atom stereocenters. The average molecular weight is 352 g/mol. The average Bonchev–Trinajstić information content (AvgIpc) is 2.99. The van der Waals surface area contributed by atoms with Crippen LogP contribution in [0.25, 0.3) is 0 Å². The third-order valence-corrected chi connectivity index (χ3v) is 5.09. The van der Waals surface area contributed by atoms with Gasteiger partial charge < -0.3 is 10.1 Å². The van der Waals surface area contributed by atoms with Crippen LogP contribution >= 0.6 is 15.9 Å². The number of benzene rings is 1. The molecule has 0 radical (unpaired) electrons. The molecule has 3 rings (SSSR count). The number of rotatable bonds is 4. The van der Waals surface area contributed by atoms with Crippen LogP contribution in [0, 0.1) is 5.92 Å². The lowest BCUT2D eigenvalue weighted by Crippen LogP contribution is -2.32. The minimum Gasteiger partial charge on any atom is -0.493 e. The van der Waals surface area contributed by atoms with E-state index in [9.17, 15) is 4.79 Å².